The van der Waals surface area contributed by atoms with Gasteiger partial charge in [-0.05, 0) is 144 Å². The maximum absolute atomic E-state index is 16.3. The number of esters is 4. The Bertz CT molecular complexity index is 5530. The number of anilines is 2. The lowest BCUT2D eigenvalue weighted by atomic mass is 9.80. The zero-order valence-corrected chi connectivity index (χ0v) is 67.3. The van der Waals surface area contributed by atoms with E-state index in [1.807, 2.05) is 0 Å². The van der Waals surface area contributed by atoms with Gasteiger partial charge in [0.2, 0.25) is 11.8 Å². The van der Waals surface area contributed by atoms with Crippen molar-refractivity contribution in [2.24, 2.45) is 0 Å². The summed E-state index contributed by atoms with van der Waals surface area (Å²) in [5.74, 6) is -14.5. The van der Waals surface area contributed by atoms with Gasteiger partial charge in [-0.3, -0.25) is 38.6 Å². The highest BCUT2D eigenvalue weighted by atomic mass is 35.5. The average molecular weight is 1750 g/mol. The number of amides is 6. The summed E-state index contributed by atoms with van der Waals surface area (Å²) in [6.45, 7) is 16.1. The molecule has 11 aromatic carbocycles. The number of nitrogens with one attached hydrogen (secondary N) is 2. The van der Waals surface area contributed by atoms with Gasteiger partial charge in [0.25, 0.3) is 23.6 Å². The summed E-state index contributed by atoms with van der Waals surface area (Å²) in [6, 6.07) is 34.9. The largest absolute Gasteiger partial charge is 0.461 e. The molecule has 2 N–H and O–H groups in total. The number of benzene rings is 11. The number of aryl methyl sites for hydroxylation is 2. The molecule has 122 heavy (non-hydrogen) atoms. The van der Waals surface area contributed by atoms with E-state index in [0.29, 0.717) is 33.4 Å². The van der Waals surface area contributed by atoms with Crippen molar-refractivity contribution in [3.63, 3.8) is 0 Å². The van der Waals surface area contributed by atoms with Crippen molar-refractivity contribution in [2.75, 3.05) is 37.1 Å². The molecule has 624 valence electrons. The molecule has 0 aliphatic carbocycles. The number of alkyl halides is 6. The minimum Gasteiger partial charge on any atom is -0.461 e. The number of hydrogen-bond donors (Lipinski definition) is 2. The number of ether oxygens (including phenoxy) is 8. The number of nitrogens with zero attached hydrogens (tertiary/aromatic N) is 2. The molecule has 0 saturated heterocycles. The number of carbonyl (C=O) groups is 10. The third-order valence-corrected chi connectivity index (χ3v) is 20.2. The van der Waals surface area contributed by atoms with Gasteiger partial charge in [-0.1, -0.05) is 146 Å². The molecule has 0 radical (unpaired) electrons. The van der Waals surface area contributed by atoms with Gasteiger partial charge in [0.15, 0.2) is 0 Å². The Kier molecular flexibility index (Phi) is 25.5. The van der Waals surface area contributed by atoms with Crippen LogP contribution >= 0.6 is 46.4 Å². The molecular formula is C90H66Cl4F6N4O18. The maximum atomic E-state index is 16.3. The van der Waals surface area contributed by atoms with Crippen LogP contribution in [0.4, 0.5) is 37.7 Å². The van der Waals surface area contributed by atoms with Crippen molar-refractivity contribution in [3.8, 4) is 46.0 Å². The smallest absolute Gasteiger partial charge is 0.391 e. The quantitative estimate of drug-likeness (QED) is 0.00754. The normalized spacial score (nSPS) is 13.0. The van der Waals surface area contributed by atoms with Gasteiger partial charge in [0.05, 0.1) is 61.5 Å². The Labute approximate surface area is 709 Å². The van der Waals surface area contributed by atoms with Crippen LogP contribution < -0.4 is 29.6 Å². The second-order valence-corrected chi connectivity index (χ2v) is 30.0. The highest BCUT2D eigenvalue weighted by Gasteiger charge is 2.50. The van der Waals surface area contributed by atoms with Crippen LogP contribution in [-0.4, -0.2) is 120 Å². The number of fused-ring (bicyclic) bond motifs is 2. The van der Waals surface area contributed by atoms with Crippen LogP contribution in [0.1, 0.15) is 87.7 Å². The van der Waals surface area contributed by atoms with Crippen LogP contribution in [0.3, 0.4) is 0 Å². The zero-order valence-electron chi connectivity index (χ0n) is 64.2. The Hall–Kier alpha value is -13.3. The minimum atomic E-state index is -5.28. The van der Waals surface area contributed by atoms with Crippen molar-refractivity contribution in [2.45, 2.75) is 76.8 Å². The minimum absolute atomic E-state index is 0.0111. The van der Waals surface area contributed by atoms with E-state index >= 15 is 45.5 Å². The van der Waals surface area contributed by atoms with Crippen LogP contribution in [0.15, 0.2) is 216 Å². The van der Waals surface area contributed by atoms with Gasteiger partial charge in [-0.15, -0.1) is 0 Å². The molecular weight excluding hydrogens is 1680 g/mol. The summed E-state index contributed by atoms with van der Waals surface area (Å²) in [4.78, 5) is 145. The van der Waals surface area contributed by atoms with E-state index in [2.05, 4.69) is 36.9 Å². The second kappa shape index (κ2) is 36.0. The Morgan fingerprint density at radius 2 is 0.590 bits per heavy atom. The van der Waals surface area contributed by atoms with Crippen molar-refractivity contribution < 1.29 is 112 Å². The maximum Gasteiger partial charge on any atom is 0.391 e. The SMILES string of the molecule is C=C(Cl)C(=O)OCCc1ccc(Oc2cc3c4c(cc(Oc5ccc(CCOC(=O)C(=C)Cl)cc5)c5c6c(Oc7ccc(CCOC(=O)C(=C)Cl)cc7)cc7c8c(cc(Oc9ccc(CCOC(=O)C(=C)Cl)cc9)c(c2c45)c86)C(=O)N(C(CC(F)(F)F)C(=O)Nc2cccc(C)c2)C7=O)C(=O)N(C(CC(F)(F)F)C(=O)Nc2cccc(C)c2)C3=O)cc1. The molecule has 2 unspecified atom stereocenters. The van der Waals surface area contributed by atoms with Crippen LogP contribution in [-0.2, 0) is 73.4 Å². The lowest BCUT2D eigenvalue weighted by Crippen LogP contribution is -2.53. The van der Waals surface area contributed by atoms with E-state index < -0.39 is 162 Å². The Morgan fingerprint density at radius 1 is 0.352 bits per heavy atom. The van der Waals surface area contributed by atoms with E-state index in [-0.39, 0.29) is 139 Å². The molecule has 2 heterocycles. The van der Waals surface area contributed by atoms with Gasteiger partial charge in [-0.2, -0.15) is 26.3 Å². The summed E-state index contributed by atoms with van der Waals surface area (Å²) in [7, 11) is 0. The average Bonchev–Trinajstić information content (AvgIpc) is 0.669. The van der Waals surface area contributed by atoms with Crippen LogP contribution in [0.5, 0.6) is 46.0 Å². The van der Waals surface area contributed by atoms with Crippen molar-refractivity contribution in [1.82, 2.24) is 9.80 Å². The predicted octanol–water partition coefficient (Wildman–Crippen LogP) is 20.0. The molecule has 13 rings (SSSR count). The predicted molar refractivity (Wildman–Crippen MR) is 442 cm³/mol. The molecule has 11 aromatic rings. The van der Waals surface area contributed by atoms with Gasteiger partial charge in [0.1, 0.15) is 78.2 Å². The number of rotatable bonds is 32. The fraction of sp³-hybridized carbons (Fsp3) is 0.178. The molecule has 2 atom stereocenters. The van der Waals surface area contributed by atoms with Gasteiger partial charge in [0, 0.05) is 80.1 Å². The first kappa shape index (κ1) is 86.6. The van der Waals surface area contributed by atoms with E-state index in [1.54, 1.807) is 74.5 Å². The topological polar surface area (TPSA) is 275 Å². The molecule has 32 heteroatoms. The van der Waals surface area contributed by atoms with Crippen LogP contribution in [0, 0.1) is 13.8 Å². The highest BCUT2D eigenvalue weighted by molar-refractivity contribution is 6.46. The standard InChI is InChI=1S/C90H66Cl4F6N4O18/c1-45-9-7-11-55(37-45)101-79(105)65(43-89(95,96)97)103-81(107)61-39-67(119-57-21-13-51(14-22-57)29-33-115-85(111)47(3)91)73-75-69(121-59-25-17-53(18-26-59)31-35-117-87(113)49(5)93)41-63-72-64(84(110)104(83(63)109)66(44-90(98,99)100)80(106)102-56-12-8-10-46(2)38-56)42-70(122-60-27-19-54(20-28-60)32-36-118-88(114)50(6)94)76(78(72)75)74-68(40-62(82(103)108)71(61)77(73)74)120-58-23-15-52(16-24-58)30-34-116-86(112)48(4)92/h7-28,37-42,65-66H,3-6,29-36,43-44H2,1-2H3,(H,101,105)(H,102,106). The first-order valence-corrected chi connectivity index (χ1v) is 38.6. The molecule has 0 fully saturated rings. The molecule has 6 amide bonds. The summed E-state index contributed by atoms with van der Waals surface area (Å²) < 4.78 is 142. The first-order chi connectivity index (χ1) is 58.0. The third kappa shape index (κ3) is 19.3. The van der Waals surface area contributed by atoms with Crippen LogP contribution in [0.25, 0.3) is 43.1 Å². The van der Waals surface area contributed by atoms with Crippen molar-refractivity contribution in [1.29, 1.82) is 0 Å². The van der Waals surface area contributed by atoms with Crippen LogP contribution in [0.2, 0.25) is 0 Å². The van der Waals surface area contributed by atoms with Gasteiger partial charge >= 0.3 is 36.2 Å². The summed E-state index contributed by atoms with van der Waals surface area (Å²) >= 11 is 23.2. The second-order valence-electron chi connectivity index (χ2n) is 28.2. The van der Waals surface area contributed by atoms with Crippen molar-refractivity contribution >= 4 is 160 Å². The molecule has 0 aromatic heterocycles. The van der Waals surface area contributed by atoms with Gasteiger partial charge in [-0.25, -0.2) is 19.2 Å². The molecule has 0 saturated carbocycles. The van der Waals surface area contributed by atoms with E-state index in [1.165, 1.54) is 84.9 Å². The summed E-state index contributed by atoms with van der Waals surface area (Å²) in [5.41, 5.74) is 0.841. The van der Waals surface area contributed by atoms with E-state index in [9.17, 15) is 28.8 Å². The monoisotopic (exact) mass is 1740 g/mol. The Morgan fingerprint density at radius 3 is 0.803 bits per heavy atom. The van der Waals surface area contributed by atoms with E-state index in [0.717, 1.165) is 24.3 Å². The number of carbonyl (C=O) groups excluding carboxylic acids is 10. The highest BCUT2D eigenvalue weighted by Crippen LogP contribution is 2.59. The Balaban J connectivity index is 1.16. The third-order valence-electron chi connectivity index (χ3n) is 19.6. The van der Waals surface area contributed by atoms with Crippen molar-refractivity contribution in [3.05, 3.63) is 272 Å². The molecule has 0 spiro atoms. The fourth-order valence-corrected chi connectivity index (χ4v) is 14.4. The molecule has 2 aliphatic heterocycles. The number of halogens is 10. The molecule has 2 aliphatic rings. The summed E-state index contributed by atoms with van der Waals surface area (Å²) in [6.07, 6.45) is -14.5. The van der Waals surface area contributed by atoms with Gasteiger partial charge < -0.3 is 48.5 Å². The zero-order chi connectivity index (χ0) is 87.5. The lowest BCUT2D eigenvalue weighted by molar-refractivity contribution is -0.151. The number of imide groups is 2. The lowest BCUT2D eigenvalue weighted by Gasteiger charge is -2.36. The first-order valence-electron chi connectivity index (χ1n) is 37.1. The molecule has 0 bridgehead atoms. The molecule has 22 nitrogen and oxygen atoms in total. The summed E-state index contributed by atoms with van der Waals surface area (Å²) in [5, 5.41) is 1.24. The number of hydrogen-bond acceptors (Lipinski definition) is 18. The van der Waals surface area contributed by atoms with E-state index in [4.69, 9.17) is 84.3 Å². The fourth-order valence-electron chi connectivity index (χ4n) is 14.1.